The van der Waals surface area contributed by atoms with Gasteiger partial charge < -0.3 is 15.8 Å². The first-order chi connectivity index (χ1) is 5.61. The zero-order chi connectivity index (χ0) is 9.14. The van der Waals surface area contributed by atoms with E-state index >= 15 is 0 Å². The van der Waals surface area contributed by atoms with Crippen molar-refractivity contribution in [2.45, 2.75) is 12.5 Å². The SMILES string of the molecule is N[C@@H](CC(=O)O)c1cc[nH]c1Cl. The van der Waals surface area contributed by atoms with Gasteiger partial charge in [-0.2, -0.15) is 0 Å². The fourth-order valence-electron chi connectivity index (χ4n) is 0.946. The Bertz CT molecular complexity index is 285. The van der Waals surface area contributed by atoms with Crippen LogP contribution in [0.2, 0.25) is 5.15 Å². The van der Waals surface area contributed by atoms with Gasteiger partial charge in [-0.15, -0.1) is 0 Å². The van der Waals surface area contributed by atoms with Gasteiger partial charge >= 0.3 is 5.97 Å². The summed E-state index contributed by atoms with van der Waals surface area (Å²) in [5.41, 5.74) is 6.19. The number of carbonyl (C=O) groups is 1. The number of rotatable bonds is 3. The lowest BCUT2D eigenvalue weighted by Crippen LogP contribution is -2.14. The highest BCUT2D eigenvalue weighted by Crippen LogP contribution is 2.21. The van der Waals surface area contributed by atoms with E-state index < -0.39 is 12.0 Å². The number of nitrogens with two attached hydrogens (primary N) is 1. The van der Waals surface area contributed by atoms with E-state index in [1.54, 1.807) is 12.3 Å². The van der Waals surface area contributed by atoms with Gasteiger partial charge in [0.15, 0.2) is 0 Å². The van der Waals surface area contributed by atoms with Gasteiger partial charge in [0.05, 0.1) is 6.42 Å². The molecule has 0 bridgehead atoms. The molecule has 0 aliphatic carbocycles. The van der Waals surface area contributed by atoms with Gasteiger partial charge in [0.1, 0.15) is 5.15 Å². The molecule has 1 aromatic heterocycles. The summed E-state index contributed by atoms with van der Waals surface area (Å²) in [6, 6.07) is 1.14. The van der Waals surface area contributed by atoms with Crippen molar-refractivity contribution < 1.29 is 9.90 Å². The van der Waals surface area contributed by atoms with Crippen molar-refractivity contribution in [2.24, 2.45) is 5.73 Å². The summed E-state index contributed by atoms with van der Waals surface area (Å²) in [7, 11) is 0. The zero-order valence-corrected chi connectivity index (χ0v) is 7.01. The molecular weight excluding hydrogens is 180 g/mol. The van der Waals surface area contributed by atoms with E-state index in [9.17, 15) is 4.79 Å². The maximum atomic E-state index is 10.3. The van der Waals surface area contributed by atoms with Crippen LogP contribution in [0, 0.1) is 0 Å². The Morgan fingerprint density at radius 3 is 2.92 bits per heavy atom. The highest BCUT2D eigenvalue weighted by molar-refractivity contribution is 6.30. The summed E-state index contributed by atoms with van der Waals surface area (Å²) < 4.78 is 0. The minimum Gasteiger partial charge on any atom is -0.481 e. The average Bonchev–Trinajstić information content (AvgIpc) is 2.33. The van der Waals surface area contributed by atoms with Crippen molar-refractivity contribution in [3.8, 4) is 0 Å². The third-order valence-corrected chi connectivity index (χ3v) is 1.85. The van der Waals surface area contributed by atoms with Crippen molar-refractivity contribution in [3.05, 3.63) is 23.0 Å². The molecule has 4 nitrogen and oxygen atoms in total. The second-order valence-corrected chi connectivity index (χ2v) is 2.83. The molecule has 66 valence electrons. The topological polar surface area (TPSA) is 79.1 Å². The number of aromatic nitrogens is 1. The number of halogens is 1. The summed E-state index contributed by atoms with van der Waals surface area (Å²) in [6.45, 7) is 0. The Morgan fingerprint density at radius 1 is 1.83 bits per heavy atom. The Labute approximate surface area is 74.3 Å². The predicted molar refractivity (Wildman–Crippen MR) is 45.0 cm³/mol. The number of aromatic amines is 1. The van der Waals surface area contributed by atoms with E-state index in [1.165, 1.54) is 0 Å². The summed E-state index contributed by atoms with van der Waals surface area (Å²) in [5, 5.41) is 8.85. The molecule has 0 saturated carbocycles. The molecule has 0 aliphatic rings. The summed E-state index contributed by atoms with van der Waals surface area (Å²) >= 11 is 5.69. The van der Waals surface area contributed by atoms with Crippen molar-refractivity contribution in [1.29, 1.82) is 0 Å². The second-order valence-electron chi connectivity index (χ2n) is 2.45. The van der Waals surface area contributed by atoms with E-state index in [1.807, 2.05) is 0 Å². The molecule has 5 heteroatoms. The van der Waals surface area contributed by atoms with E-state index in [0.717, 1.165) is 0 Å². The summed E-state index contributed by atoms with van der Waals surface area (Å²) in [4.78, 5) is 13.0. The molecule has 0 radical (unpaired) electrons. The molecule has 0 amide bonds. The third kappa shape index (κ3) is 1.99. The lowest BCUT2D eigenvalue weighted by molar-refractivity contribution is -0.137. The molecule has 1 heterocycles. The first-order valence-corrected chi connectivity index (χ1v) is 3.79. The van der Waals surface area contributed by atoms with Crippen molar-refractivity contribution in [2.75, 3.05) is 0 Å². The minimum atomic E-state index is -0.931. The van der Waals surface area contributed by atoms with Crippen LogP contribution in [-0.2, 0) is 4.79 Å². The molecule has 1 rings (SSSR count). The van der Waals surface area contributed by atoms with Gasteiger partial charge in [0.25, 0.3) is 0 Å². The van der Waals surface area contributed by atoms with Crippen LogP contribution in [-0.4, -0.2) is 16.1 Å². The quantitative estimate of drug-likeness (QED) is 0.666. The smallest absolute Gasteiger partial charge is 0.305 e. The number of aliphatic carboxylic acids is 1. The second kappa shape index (κ2) is 3.60. The standard InChI is InChI=1S/C7H9ClN2O2/c8-7-4(1-2-10-7)5(9)3-6(11)12/h1-2,5,10H,3,9H2,(H,11,12)/t5-/m0/s1. The Morgan fingerprint density at radius 2 is 2.50 bits per heavy atom. The normalized spacial score (nSPS) is 12.8. The molecule has 0 spiro atoms. The van der Waals surface area contributed by atoms with Crippen LogP contribution in [0.1, 0.15) is 18.0 Å². The molecular formula is C7H9ClN2O2. The van der Waals surface area contributed by atoms with Crippen LogP contribution in [0.25, 0.3) is 0 Å². The van der Waals surface area contributed by atoms with Crippen LogP contribution in [0.3, 0.4) is 0 Å². The van der Waals surface area contributed by atoms with Crippen LogP contribution in [0.4, 0.5) is 0 Å². The molecule has 0 aliphatic heterocycles. The number of hydrogen-bond acceptors (Lipinski definition) is 2. The largest absolute Gasteiger partial charge is 0.481 e. The first-order valence-electron chi connectivity index (χ1n) is 3.41. The number of hydrogen-bond donors (Lipinski definition) is 3. The Hall–Kier alpha value is -1.00. The molecule has 0 saturated heterocycles. The van der Waals surface area contributed by atoms with E-state index in [-0.39, 0.29) is 6.42 Å². The van der Waals surface area contributed by atoms with Crippen LogP contribution >= 0.6 is 11.6 Å². The number of carboxylic acids is 1. The van der Waals surface area contributed by atoms with Crippen molar-refractivity contribution in [3.63, 3.8) is 0 Å². The van der Waals surface area contributed by atoms with Crippen molar-refractivity contribution in [1.82, 2.24) is 4.98 Å². The predicted octanol–water partition coefficient (Wildman–Crippen LogP) is 1.14. The third-order valence-electron chi connectivity index (χ3n) is 1.52. The van der Waals surface area contributed by atoms with E-state index in [2.05, 4.69) is 4.98 Å². The number of nitrogens with one attached hydrogen (secondary N) is 1. The highest BCUT2D eigenvalue weighted by atomic mass is 35.5. The lowest BCUT2D eigenvalue weighted by atomic mass is 10.1. The fourth-order valence-corrected chi connectivity index (χ4v) is 1.21. The maximum absolute atomic E-state index is 10.3. The molecule has 12 heavy (non-hydrogen) atoms. The van der Waals surface area contributed by atoms with Gasteiger partial charge in [-0.05, 0) is 6.07 Å². The maximum Gasteiger partial charge on any atom is 0.305 e. The van der Waals surface area contributed by atoms with Crippen LogP contribution in [0.15, 0.2) is 12.3 Å². The van der Waals surface area contributed by atoms with Crippen LogP contribution < -0.4 is 5.73 Å². The van der Waals surface area contributed by atoms with E-state index in [0.29, 0.717) is 10.7 Å². The Kier molecular flexibility index (Phi) is 2.73. The average molecular weight is 189 g/mol. The monoisotopic (exact) mass is 188 g/mol. The zero-order valence-electron chi connectivity index (χ0n) is 6.25. The highest BCUT2D eigenvalue weighted by Gasteiger charge is 2.13. The van der Waals surface area contributed by atoms with Gasteiger partial charge in [-0.3, -0.25) is 4.79 Å². The molecule has 1 atom stereocenters. The lowest BCUT2D eigenvalue weighted by Gasteiger charge is -2.06. The summed E-state index contributed by atoms with van der Waals surface area (Å²) in [5.74, 6) is -0.931. The Balaban J connectivity index is 2.71. The number of H-pyrrole nitrogens is 1. The van der Waals surface area contributed by atoms with Gasteiger partial charge in [0, 0.05) is 17.8 Å². The fraction of sp³-hybridized carbons (Fsp3) is 0.286. The molecule has 0 unspecified atom stereocenters. The van der Waals surface area contributed by atoms with Gasteiger partial charge in [0.2, 0.25) is 0 Å². The van der Waals surface area contributed by atoms with Gasteiger partial charge in [-0.1, -0.05) is 11.6 Å². The van der Waals surface area contributed by atoms with E-state index in [4.69, 9.17) is 22.4 Å². The first kappa shape index (κ1) is 9.09. The van der Waals surface area contributed by atoms with Gasteiger partial charge in [-0.25, -0.2) is 0 Å². The molecule has 4 N–H and O–H groups in total. The summed E-state index contributed by atoms with van der Waals surface area (Å²) in [6.07, 6.45) is 1.51. The number of carboxylic acid groups (broad SMARTS) is 1. The van der Waals surface area contributed by atoms with Crippen LogP contribution in [0.5, 0.6) is 0 Å². The molecule has 1 aromatic rings. The van der Waals surface area contributed by atoms with Crippen molar-refractivity contribution >= 4 is 17.6 Å². The minimum absolute atomic E-state index is 0.114. The molecule has 0 aromatic carbocycles. The molecule has 0 fully saturated rings.